The van der Waals surface area contributed by atoms with Crippen LogP contribution < -0.4 is 4.90 Å². The zero-order valence-electron chi connectivity index (χ0n) is 13.5. The topological polar surface area (TPSA) is 85.2 Å². The van der Waals surface area contributed by atoms with Crippen LogP contribution in [-0.4, -0.2) is 47.9 Å². The number of carbonyl (C=O) groups excluding carboxylic acids is 1. The van der Waals surface area contributed by atoms with E-state index in [4.69, 9.17) is 9.57 Å². The highest BCUT2D eigenvalue weighted by atomic mass is 16.7. The fourth-order valence-corrected chi connectivity index (χ4v) is 2.15. The number of hydrogen-bond donors (Lipinski definition) is 0. The van der Waals surface area contributed by atoms with E-state index in [0.29, 0.717) is 26.2 Å². The number of benzene rings is 1. The van der Waals surface area contributed by atoms with Gasteiger partial charge in [-0.15, -0.1) is 0 Å². The van der Waals surface area contributed by atoms with E-state index < -0.39 is 16.6 Å². The molecule has 23 heavy (non-hydrogen) atoms. The van der Waals surface area contributed by atoms with Crippen molar-refractivity contribution in [1.82, 2.24) is 5.06 Å². The van der Waals surface area contributed by atoms with Crippen molar-refractivity contribution >= 4 is 17.5 Å². The van der Waals surface area contributed by atoms with Crippen molar-refractivity contribution in [2.24, 2.45) is 0 Å². The van der Waals surface area contributed by atoms with E-state index >= 15 is 0 Å². The molecule has 1 fully saturated rings. The SMILES string of the molecule is CC(C)(C)OC(=O)N1CCN(c2ccc([N+](=O)[O-])cc2)CCO1. The van der Waals surface area contributed by atoms with E-state index in [1.54, 1.807) is 32.9 Å². The summed E-state index contributed by atoms with van der Waals surface area (Å²) < 4.78 is 5.28. The second-order valence-electron chi connectivity index (χ2n) is 6.18. The van der Waals surface area contributed by atoms with Crippen molar-refractivity contribution < 1.29 is 19.3 Å². The van der Waals surface area contributed by atoms with Crippen molar-refractivity contribution in [3.05, 3.63) is 34.4 Å². The maximum Gasteiger partial charge on any atom is 0.434 e. The summed E-state index contributed by atoms with van der Waals surface area (Å²) in [6.07, 6.45) is -0.511. The summed E-state index contributed by atoms with van der Waals surface area (Å²) in [4.78, 5) is 29.7. The van der Waals surface area contributed by atoms with E-state index in [2.05, 4.69) is 0 Å². The number of non-ortho nitro benzene ring substituents is 1. The van der Waals surface area contributed by atoms with Gasteiger partial charge < -0.3 is 9.64 Å². The van der Waals surface area contributed by atoms with E-state index in [1.165, 1.54) is 17.2 Å². The summed E-state index contributed by atoms with van der Waals surface area (Å²) in [5, 5.41) is 11.9. The van der Waals surface area contributed by atoms with Crippen LogP contribution in [0.2, 0.25) is 0 Å². The molecule has 0 spiro atoms. The van der Waals surface area contributed by atoms with Gasteiger partial charge in [0, 0.05) is 30.9 Å². The maximum absolute atomic E-state index is 12.0. The fourth-order valence-electron chi connectivity index (χ4n) is 2.15. The lowest BCUT2D eigenvalue weighted by Gasteiger charge is -2.25. The van der Waals surface area contributed by atoms with Crippen molar-refractivity contribution in [2.75, 3.05) is 31.1 Å². The molecule has 0 radical (unpaired) electrons. The van der Waals surface area contributed by atoms with Crippen molar-refractivity contribution in [2.45, 2.75) is 26.4 Å². The van der Waals surface area contributed by atoms with Gasteiger partial charge in [0.25, 0.3) is 5.69 Å². The molecule has 0 atom stereocenters. The molecule has 1 aliphatic heterocycles. The van der Waals surface area contributed by atoms with E-state index in [-0.39, 0.29) is 5.69 Å². The van der Waals surface area contributed by atoms with Gasteiger partial charge in [0.15, 0.2) is 0 Å². The van der Waals surface area contributed by atoms with E-state index in [0.717, 1.165) is 5.69 Å². The predicted octanol–water partition coefficient (Wildman–Crippen LogP) is 2.58. The van der Waals surface area contributed by atoms with Crippen molar-refractivity contribution in [3.8, 4) is 0 Å². The van der Waals surface area contributed by atoms with E-state index in [1.807, 2.05) is 4.90 Å². The fraction of sp³-hybridized carbons (Fsp3) is 0.533. The summed E-state index contributed by atoms with van der Waals surface area (Å²) in [6, 6.07) is 6.32. The molecule has 2 rings (SSSR count). The first-order chi connectivity index (χ1) is 10.8. The minimum absolute atomic E-state index is 0.0511. The summed E-state index contributed by atoms with van der Waals surface area (Å²) in [6.45, 7) is 7.21. The number of anilines is 1. The van der Waals surface area contributed by atoms with Crippen molar-refractivity contribution in [1.29, 1.82) is 0 Å². The van der Waals surface area contributed by atoms with Gasteiger partial charge in [0.2, 0.25) is 0 Å². The minimum Gasteiger partial charge on any atom is -0.442 e. The lowest BCUT2D eigenvalue weighted by Crippen LogP contribution is -2.38. The summed E-state index contributed by atoms with van der Waals surface area (Å²) in [5.74, 6) is 0. The number of ether oxygens (including phenoxy) is 1. The number of carbonyl (C=O) groups is 1. The first-order valence-electron chi connectivity index (χ1n) is 7.39. The number of amides is 1. The Kier molecular flexibility index (Phi) is 5.05. The van der Waals surface area contributed by atoms with Gasteiger partial charge in [-0.25, -0.2) is 4.79 Å². The average molecular weight is 323 g/mol. The van der Waals surface area contributed by atoms with E-state index in [9.17, 15) is 14.9 Å². The van der Waals surface area contributed by atoms with Crippen LogP contribution in [0, 0.1) is 10.1 Å². The number of rotatable bonds is 2. The van der Waals surface area contributed by atoms with Crippen LogP contribution in [0.4, 0.5) is 16.2 Å². The molecule has 0 aliphatic carbocycles. The molecule has 0 N–H and O–H groups in total. The highest BCUT2D eigenvalue weighted by Crippen LogP contribution is 2.20. The Morgan fingerprint density at radius 3 is 2.43 bits per heavy atom. The van der Waals surface area contributed by atoms with Crippen LogP contribution in [0.5, 0.6) is 0 Å². The largest absolute Gasteiger partial charge is 0.442 e. The van der Waals surface area contributed by atoms with Gasteiger partial charge in [-0.3, -0.25) is 15.0 Å². The number of hydroxylamine groups is 2. The van der Waals surface area contributed by atoms with Crippen LogP contribution in [0.15, 0.2) is 24.3 Å². The van der Waals surface area contributed by atoms with Crippen molar-refractivity contribution in [3.63, 3.8) is 0 Å². The summed E-state index contributed by atoms with van der Waals surface area (Å²) in [7, 11) is 0. The third-order valence-corrected chi connectivity index (χ3v) is 3.20. The van der Waals surface area contributed by atoms with Crippen LogP contribution >= 0.6 is 0 Å². The summed E-state index contributed by atoms with van der Waals surface area (Å²) >= 11 is 0. The normalized spacial score (nSPS) is 16.0. The molecule has 1 aliphatic rings. The molecule has 1 amide bonds. The molecule has 1 aromatic rings. The molecule has 1 heterocycles. The van der Waals surface area contributed by atoms with Gasteiger partial charge in [0.1, 0.15) is 5.60 Å². The molecule has 0 aromatic heterocycles. The Morgan fingerprint density at radius 2 is 1.87 bits per heavy atom. The first kappa shape index (κ1) is 17.0. The second kappa shape index (κ2) is 6.82. The Morgan fingerprint density at radius 1 is 1.22 bits per heavy atom. The Hall–Kier alpha value is -2.35. The molecule has 1 aromatic carbocycles. The minimum atomic E-state index is -0.579. The number of nitro benzene ring substituents is 1. The van der Waals surface area contributed by atoms with Gasteiger partial charge in [-0.2, -0.15) is 5.06 Å². The quantitative estimate of drug-likeness (QED) is 0.614. The third kappa shape index (κ3) is 4.82. The van der Waals surface area contributed by atoms with Crippen LogP contribution in [0.1, 0.15) is 20.8 Å². The lowest BCUT2D eigenvalue weighted by molar-refractivity contribution is -0.384. The first-order valence-corrected chi connectivity index (χ1v) is 7.39. The molecular formula is C15H21N3O5. The monoisotopic (exact) mass is 323 g/mol. The Labute approximate surface area is 134 Å². The maximum atomic E-state index is 12.0. The van der Waals surface area contributed by atoms with Gasteiger partial charge in [0.05, 0.1) is 18.1 Å². The third-order valence-electron chi connectivity index (χ3n) is 3.20. The standard InChI is InChI=1S/C15H21N3O5/c1-15(2,3)23-14(19)17-9-8-16(10-11-22-17)12-4-6-13(7-5-12)18(20)21/h4-7H,8-11H2,1-3H3. The molecule has 1 saturated heterocycles. The molecule has 8 nitrogen and oxygen atoms in total. The predicted molar refractivity (Wildman–Crippen MR) is 84.2 cm³/mol. The number of nitrogens with zero attached hydrogens (tertiary/aromatic N) is 3. The Balaban J connectivity index is 1.98. The molecule has 0 unspecified atom stereocenters. The Bertz CT molecular complexity index is 567. The average Bonchev–Trinajstić information content (AvgIpc) is 2.71. The zero-order chi connectivity index (χ0) is 17.0. The van der Waals surface area contributed by atoms with Crippen LogP contribution in [-0.2, 0) is 9.57 Å². The smallest absolute Gasteiger partial charge is 0.434 e. The number of nitro groups is 1. The zero-order valence-corrected chi connectivity index (χ0v) is 13.5. The second-order valence-corrected chi connectivity index (χ2v) is 6.18. The van der Waals surface area contributed by atoms with Crippen LogP contribution in [0.3, 0.4) is 0 Å². The van der Waals surface area contributed by atoms with Crippen LogP contribution in [0.25, 0.3) is 0 Å². The molecule has 0 saturated carbocycles. The summed E-state index contributed by atoms with van der Waals surface area (Å²) in [5.41, 5.74) is 0.325. The molecular weight excluding hydrogens is 302 g/mol. The highest BCUT2D eigenvalue weighted by Gasteiger charge is 2.25. The van der Waals surface area contributed by atoms with Gasteiger partial charge in [-0.1, -0.05) is 0 Å². The molecule has 8 heteroatoms. The molecule has 126 valence electrons. The number of hydrogen-bond acceptors (Lipinski definition) is 6. The highest BCUT2D eigenvalue weighted by molar-refractivity contribution is 5.67. The lowest BCUT2D eigenvalue weighted by atomic mass is 10.2. The van der Waals surface area contributed by atoms with Gasteiger partial charge in [-0.05, 0) is 32.9 Å². The molecule has 0 bridgehead atoms. The van der Waals surface area contributed by atoms with Gasteiger partial charge >= 0.3 is 6.09 Å².